The molecule has 0 aliphatic heterocycles. The number of aliphatic hydroxyl groups excluding tert-OH is 1. The lowest BCUT2D eigenvalue weighted by Gasteiger charge is -2.17. The van der Waals surface area contributed by atoms with Gasteiger partial charge in [0, 0.05) is 8.95 Å². The third-order valence-electron chi connectivity index (χ3n) is 2.21. The first-order valence-electron chi connectivity index (χ1n) is 5.24. The molecule has 104 valence electrons. The topological polar surface area (TPSA) is 98.7 Å². The number of amides is 2. The van der Waals surface area contributed by atoms with E-state index in [0.29, 0.717) is 10.2 Å². The lowest BCUT2D eigenvalue weighted by molar-refractivity contribution is -0.141. The van der Waals surface area contributed by atoms with Crippen LogP contribution in [0.2, 0.25) is 0 Å². The van der Waals surface area contributed by atoms with Gasteiger partial charge in [0.2, 0.25) is 0 Å². The number of hydrogen-bond donors (Lipinski definition) is 4. The van der Waals surface area contributed by atoms with Gasteiger partial charge in [-0.1, -0.05) is 15.9 Å². The second-order valence-corrected chi connectivity index (χ2v) is 5.55. The van der Waals surface area contributed by atoms with Crippen LogP contribution < -0.4 is 10.6 Å². The van der Waals surface area contributed by atoms with Crippen molar-refractivity contribution in [2.45, 2.75) is 19.1 Å². The maximum absolute atomic E-state index is 11.6. The third-order valence-corrected chi connectivity index (χ3v) is 3.36. The van der Waals surface area contributed by atoms with Crippen LogP contribution >= 0.6 is 31.9 Å². The molecule has 1 rings (SSSR count). The SMILES string of the molecule is C[C@@H](O)[C@H](NC(=O)Nc1ccc(Br)cc1Br)C(=O)O. The summed E-state index contributed by atoms with van der Waals surface area (Å²) in [5.74, 6) is -1.31. The van der Waals surface area contributed by atoms with Crippen LogP contribution in [0.4, 0.5) is 10.5 Å². The van der Waals surface area contributed by atoms with Crippen molar-refractivity contribution < 1.29 is 19.8 Å². The lowest BCUT2D eigenvalue weighted by Crippen LogP contribution is -2.49. The van der Waals surface area contributed by atoms with Gasteiger partial charge in [-0.25, -0.2) is 9.59 Å². The predicted molar refractivity (Wildman–Crippen MR) is 77.1 cm³/mol. The Balaban J connectivity index is 2.72. The van der Waals surface area contributed by atoms with Gasteiger partial charge >= 0.3 is 12.0 Å². The number of aliphatic hydroxyl groups is 1. The molecule has 0 spiro atoms. The summed E-state index contributed by atoms with van der Waals surface area (Å²) >= 11 is 6.53. The third kappa shape index (κ3) is 4.81. The molecule has 4 N–H and O–H groups in total. The molecular weight excluding hydrogens is 384 g/mol. The minimum Gasteiger partial charge on any atom is -0.480 e. The minimum absolute atomic E-state index is 0.482. The first-order valence-corrected chi connectivity index (χ1v) is 6.83. The van der Waals surface area contributed by atoms with Gasteiger partial charge in [0.15, 0.2) is 6.04 Å². The zero-order chi connectivity index (χ0) is 14.6. The highest BCUT2D eigenvalue weighted by Gasteiger charge is 2.25. The van der Waals surface area contributed by atoms with Gasteiger partial charge in [-0.3, -0.25) is 0 Å². The molecule has 0 fully saturated rings. The number of halogens is 2. The largest absolute Gasteiger partial charge is 0.480 e. The first-order chi connectivity index (χ1) is 8.81. The van der Waals surface area contributed by atoms with Crippen LogP contribution in [-0.2, 0) is 4.79 Å². The van der Waals surface area contributed by atoms with Gasteiger partial charge in [0.1, 0.15) is 0 Å². The van der Waals surface area contributed by atoms with Crippen LogP contribution in [0.3, 0.4) is 0 Å². The molecule has 0 aliphatic carbocycles. The van der Waals surface area contributed by atoms with E-state index in [1.54, 1.807) is 18.2 Å². The summed E-state index contributed by atoms with van der Waals surface area (Å²) < 4.78 is 1.47. The highest BCUT2D eigenvalue weighted by atomic mass is 79.9. The van der Waals surface area contributed by atoms with E-state index in [2.05, 4.69) is 42.5 Å². The highest BCUT2D eigenvalue weighted by molar-refractivity contribution is 9.11. The van der Waals surface area contributed by atoms with Crippen molar-refractivity contribution in [1.82, 2.24) is 5.32 Å². The highest BCUT2D eigenvalue weighted by Crippen LogP contribution is 2.25. The molecule has 8 heteroatoms. The molecule has 0 aromatic heterocycles. The van der Waals surface area contributed by atoms with Gasteiger partial charge in [-0.2, -0.15) is 0 Å². The molecule has 0 heterocycles. The average Bonchev–Trinajstić information content (AvgIpc) is 2.29. The smallest absolute Gasteiger partial charge is 0.328 e. The molecule has 19 heavy (non-hydrogen) atoms. The number of nitrogens with one attached hydrogen (secondary N) is 2. The number of carboxylic acid groups (broad SMARTS) is 1. The van der Waals surface area contributed by atoms with Crippen LogP contribution in [0.15, 0.2) is 27.1 Å². The molecule has 1 aromatic rings. The van der Waals surface area contributed by atoms with E-state index in [1.165, 1.54) is 6.92 Å². The molecule has 2 amide bonds. The molecule has 0 bridgehead atoms. The Labute approximate surface area is 126 Å². The van der Waals surface area contributed by atoms with Crippen LogP contribution in [0, 0.1) is 0 Å². The second kappa shape index (κ2) is 6.88. The van der Waals surface area contributed by atoms with Crippen molar-refractivity contribution in [2.24, 2.45) is 0 Å². The molecule has 2 atom stereocenters. The quantitative estimate of drug-likeness (QED) is 0.627. The van der Waals surface area contributed by atoms with Gasteiger partial charge in [-0.15, -0.1) is 0 Å². The van der Waals surface area contributed by atoms with Crippen LogP contribution in [0.5, 0.6) is 0 Å². The van der Waals surface area contributed by atoms with E-state index < -0.39 is 24.1 Å². The van der Waals surface area contributed by atoms with E-state index in [1.807, 2.05) is 0 Å². The van der Waals surface area contributed by atoms with E-state index in [0.717, 1.165) is 4.47 Å². The van der Waals surface area contributed by atoms with E-state index in [9.17, 15) is 14.7 Å². The maximum Gasteiger partial charge on any atom is 0.328 e. The standard InChI is InChI=1S/C11H12Br2N2O4/c1-5(16)9(10(17)18)15-11(19)14-8-3-2-6(12)4-7(8)13/h2-5,9,16H,1H3,(H,17,18)(H2,14,15,19)/t5-,9+/m1/s1. The summed E-state index contributed by atoms with van der Waals surface area (Å²) in [6.07, 6.45) is -1.20. The second-order valence-electron chi connectivity index (χ2n) is 3.78. The first kappa shape index (κ1) is 15.9. The van der Waals surface area contributed by atoms with Crippen molar-refractivity contribution in [2.75, 3.05) is 5.32 Å². The van der Waals surface area contributed by atoms with Gasteiger partial charge in [-0.05, 0) is 41.1 Å². The number of carboxylic acids is 1. The molecule has 0 aliphatic rings. The Hall–Kier alpha value is -1.12. The number of carbonyl (C=O) groups excluding carboxylic acids is 1. The lowest BCUT2D eigenvalue weighted by atomic mass is 10.2. The number of hydrogen-bond acceptors (Lipinski definition) is 3. The molecule has 0 saturated carbocycles. The fourth-order valence-electron chi connectivity index (χ4n) is 1.28. The van der Waals surface area contributed by atoms with Crippen LogP contribution in [0.1, 0.15) is 6.92 Å². The van der Waals surface area contributed by atoms with E-state index in [4.69, 9.17) is 5.11 Å². The Morgan fingerprint density at radius 2 is 1.95 bits per heavy atom. The summed E-state index contributed by atoms with van der Waals surface area (Å²) in [6, 6.07) is 3.03. The number of urea groups is 1. The number of anilines is 1. The predicted octanol–water partition coefficient (Wildman–Crippen LogP) is 2.17. The number of rotatable bonds is 4. The van der Waals surface area contributed by atoms with E-state index >= 15 is 0 Å². The Morgan fingerprint density at radius 3 is 2.42 bits per heavy atom. The molecule has 1 aromatic carbocycles. The fraction of sp³-hybridized carbons (Fsp3) is 0.273. The number of benzene rings is 1. The van der Waals surface area contributed by atoms with Crippen molar-refractivity contribution in [3.8, 4) is 0 Å². The number of carbonyl (C=O) groups is 2. The maximum atomic E-state index is 11.6. The molecule has 0 saturated heterocycles. The van der Waals surface area contributed by atoms with Crippen molar-refractivity contribution in [1.29, 1.82) is 0 Å². The van der Waals surface area contributed by atoms with Gasteiger partial charge in [0.05, 0.1) is 11.8 Å². The van der Waals surface area contributed by atoms with Crippen molar-refractivity contribution in [3.63, 3.8) is 0 Å². The Bertz CT molecular complexity index is 494. The van der Waals surface area contributed by atoms with Crippen LogP contribution in [0.25, 0.3) is 0 Å². The Kier molecular flexibility index (Phi) is 5.77. The summed E-state index contributed by atoms with van der Waals surface area (Å²) in [5.41, 5.74) is 0.482. The number of aliphatic carboxylic acids is 1. The monoisotopic (exact) mass is 394 g/mol. The van der Waals surface area contributed by atoms with Crippen molar-refractivity contribution in [3.05, 3.63) is 27.1 Å². The summed E-state index contributed by atoms with van der Waals surface area (Å²) in [5, 5.41) is 22.7. The van der Waals surface area contributed by atoms with Gasteiger partial charge in [0.25, 0.3) is 0 Å². The zero-order valence-electron chi connectivity index (χ0n) is 9.85. The summed E-state index contributed by atoms with van der Waals surface area (Å²) in [6.45, 7) is 1.29. The summed E-state index contributed by atoms with van der Waals surface area (Å²) in [4.78, 5) is 22.5. The van der Waals surface area contributed by atoms with Crippen LogP contribution in [-0.4, -0.2) is 34.4 Å². The average molecular weight is 396 g/mol. The minimum atomic E-state index is -1.37. The molecule has 0 unspecified atom stereocenters. The van der Waals surface area contributed by atoms with E-state index in [-0.39, 0.29) is 0 Å². The fourth-order valence-corrected chi connectivity index (χ4v) is 2.43. The normalized spacial score (nSPS) is 13.5. The summed E-state index contributed by atoms with van der Waals surface area (Å²) in [7, 11) is 0. The Morgan fingerprint density at radius 1 is 1.32 bits per heavy atom. The molecule has 0 radical (unpaired) electrons. The molecular formula is C11H12Br2N2O4. The van der Waals surface area contributed by atoms with Gasteiger partial charge < -0.3 is 20.8 Å². The molecule has 6 nitrogen and oxygen atoms in total. The van der Waals surface area contributed by atoms with Crippen molar-refractivity contribution >= 4 is 49.5 Å². The zero-order valence-corrected chi connectivity index (χ0v) is 13.0.